The lowest BCUT2D eigenvalue weighted by Crippen LogP contribution is -2.23. The molecule has 0 aliphatic rings. The van der Waals surface area contributed by atoms with Gasteiger partial charge < -0.3 is 5.32 Å². The summed E-state index contributed by atoms with van der Waals surface area (Å²) in [5.41, 5.74) is 1.31. The minimum Gasteiger partial charge on any atom is -0.346 e. The van der Waals surface area contributed by atoms with E-state index in [0.717, 1.165) is 16.5 Å². The number of fused-ring (bicyclic) bond motifs is 1. The summed E-state index contributed by atoms with van der Waals surface area (Å²) in [5.74, 6) is -0.194. The first-order valence-corrected chi connectivity index (χ1v) is 6.85. The van der Waals surface area contributed by atoms with Gasteiger partial charge in [-0.1, -0.05) is 41.9 Å². The highest BCUT2D eigenvalue weighted by atomic mass is 35.5. The molecule has 3 aromatic rings. The lowest BCUT2D eigenvalue weighted by atomic mass is 10.1. The quantitative estimate of drug-likeness (QED) is 0.755. The molecule has 5 heteroatoms. The fourth-order valence-electron chi connectivity index (χ4n) is 2.11. The molecule has 0 aliphatic heterocycles. The van der Waals surface area contributed by atoms with Crippen molar-refractivity contribution in [2.45, 2.75) is 6.54 Å². The number of carbonyl (C=O) groups excluding carboxylic acids is 1. The number of amides is 1. The average molecular weight is 298 g/mol. The zero-order valence-corrected chi connectivity index (χ0v) is 11.8. The van der Waals surface area contributed by atoms with Crippen LogP contribution in [0.4, 0.5) is 0 Å². The second-order valence-corrected chi connectivity index (χ2v) is 4.87. The summed E-state index contributed by atoms with van der Waals surface area (Å²) in [7, 11) is 0. The predicted octanol–water partition coefficient (Wildman–Crippen LogP) is 3.21. The maximum Gasteiger partial charge on any atom is 0.253 e. The first kappa shape index (κ1) is 13.5. The smallest absolute Gasteiger partial charge is 0.253 e. The third-order valence-corrected chi connectivity index (χ3v) is 3.45. The number of rotatable bonds is 3. The van der Waals surface area contributed by atoms with Crippen molar-refractivity contribution in [1.82, 2.24) is 15.3 Å². The third-order valence-electron chi connectivity index (χ3n) is 3.15. The minimum atomic E-state index is -0.194. The maximum absolute atomic E-state index is 12.3. The van der Waals surface area contributed by atoms with Gasteiger partial charge in [-0.2, -0.15) is 0 Å². The molecule has 0 aliphatic carbocycles. The van der Waals surface area contributed by atoms with E-state index in [1.807, 2.05) is 42.5 Å². The summed E-state index contributed by atoms with van der Waals surface area (Å²) in [5, 5.41) is 4.79. The molecule has 1 amide bonds. The molecule has 1 aromatic carbocycles. The topological polar surface area (TPSA) is 54.9 Å². The number of aromatic nitrogens is 2. The van der Waals surface area contributed by atoms with Gasteiger partial charge in [0.15, 0.2) is 0 Å². The van der Waals surface area contributed by atoms with E-state index in [0.29, 0.717) is 17.3 Å². The SMILES string of the molecule is O=C(NCc1ccccn1)c1cnc(Cl)c2ccccc12. The van der Waals surface area contributed by atoms with Crippen LogP contribution in [0.1, 0.15) is 16.1 Å². The van der Waals surface area contributed by atoms with E-state index >= 15 is 0 Å². The van der Waals surface area contributed by atoms with Crippen molar-refractivity contribution in [3.63, 3.8) is 0 Å². The van der Waals surface area contributed by atoms with E-state index in [4.69, 9.17) is 11.6 Å². The Morgan fingerprint density at radius 1 is 1.05 bits per heavy atom. The van der Waals surface area contributed by atoms with Crippen molar-refractivity contribution in [3.8, 4) is 0 Å². The molecule has 1 N–H and O–H groups in total. The molecular weight excluding hydrogens is 286 g/mol. The van der Waals surface area contributed by atoms with Crippen molar-refractivity contribution in [3.05, 3.63) is 71.3 Å². The summed E-state index contributed by atoms with van der Waals surface area (Å²) >= 11 is 6.05. The van der Waals surface area contributed by atoms with Crippen LogP contribution in [0, 0.1) is 0 Å². The summed E-state index contributed by atoms with van der Waals surface area (Å²) in [4.78, 5) is 20.6. The van der Waals surface area contributed by atoms with Gasteiger partial charge in [0.1, 0.15) is 5.15 Å². The largest absolute Gasteiger partial charge is 0.346 e. The lowest BCUT2D eigenvalue weighted by molar-refractivity contribution is 0.0952. The van der Waals surface area contributed by atoms with E-state index in [9.17, 15) is 4.79 Å². The molecule has 0 radical (unpaired) electrons. The molecule has 0 spiro atoms. The Hall–Kier alpha value is -2.46. The van der Waals surface area contributed by atoms with E-state index < -0.39 is 0 Å². The van der Waals surface area contributed by atoms with Crippen molar-refractivity contribution < 1.29 is 4.79 Å². The molecule has 2 aromatic heterocycles. The molecule has 2 heterocycles. The van der Waals surface area contributed by atoms with Gasteiger partial charge in [-0.05, 0) is 17.5 Å². The van der Waals surface area contributed by atoms with Crippen LogP contribution in [0.2, 0.25) is 5.15 Å². The van der Waals surface area contributed by atoms with E-state index in [2.05, 4.69) is 15.3 Å². The number of carbonyl (C=O) groups is 1. The van der Waals surface area contributed by atoms with Crippen molar-refractivity contribution in [2.24, 2.45) is 0 Å². The van der Waals surface area contributed by atoms with Crippen LogP contribution < -0.4 is 5.32 Å². The summed E-state index contributed by atoms with van der Waals surface area (Å²) < 4.78 is 0. The molecule has 0 fully saturated rings. The van der Waals surface area contributed by atoms with Gasteiger partial charge in [-0.25, -0.2) is 4.98 Å². The van der Waals surface area contributed by atoms with E-state index in [1.165, 1.54) is 6.20 Å². The van der Waals surface area contributed by atoms with Gasteiger partial charge in [0.2, 0.25) is 0 Å². The van der Waals surface area contributed by atoms with Crippen LogP contribution in [0.25, 0.3) is 10.8 Å². The number of hydrogen-bond acceptors (Lipinski definition) is 3. The zero-order chi connectivity index (χ0) is 14.7. The summed E-state index contributed by atoms with van der Waals surface area (Å²) in [6.45, 7) is 0.372. The first-order chi connectivity index (χ1) is 10.3. The van der Waals surface area contributed by atoms with Crippen molar-refractivity contribution >= 4 is 28.3 Å². The number of hydrogen-bond donors (Lipinski definition) is 1. The van der Waals surface area contributed by atoms with Crippen molar-refractivity contribution in [2.75, 3.05) is 0 Å². The molecule has 0 saturated carbocycles. The Morgan fingerprint density at radius 2 is 1.81 bits per heavy atom. The van der Waals surface area contributed by atoms with Crippen LogP contribution in [0.5, 0.6) is 0 Å². The molecule has 3 rings (SSSR count). The Balaban J connectivity index is 1.87. The zero-order valence-electron chi connectivity index (χ0n) is 11.1. The average Bonchev–Trinajstić information content (AvgIpc) is 2.54. The Labute approximate surface area is 126 Å². The molecule has 104 valence electrons. The standard InChI is InChI=1S/C16H12ClN3O/c17-15-13-7-2-1-6-12(13)14(10-19-15)16(21)20-9-11-5-3-4-8-18-11/h1-8,10H,9H2,(H,20,21). The number of pyridine rings is 2. The Bertz CT molecular complexity index is 790. The van der Waals surface area contributed by atoms with Crippen LogP contribution >= 0.6 is 11.6 Å². The second kappa shape index (κ2) is 5.89. The Morgan fingerprint density at radius 3 is 2.57 bits per heavy atom. The lowest BCUT2D eigenvalue weighted by Gasteiger charge is -2.08. The molecule has 0 unspecified atom stereocenters. The minimum absolute atomic E-state index is 0.194. The highest BCUT2D eigenvalue weighted by molar-refractivity contribution is 6.34. The van der Waals surface area contributed by atoms with Gasteiger partial charge in [0.25, 0.3) is 5.91 Å². The van der Waals surface area contributed by atoms with E-state index in [1.54, 1.807) is 6.20 Å². The highest BCUT2D eigenvalue weighted by Crippen LogP contribution is 2.24. The number of halogens is 1. The highest BCUT2D eigenvalue weighted by Gasteiger charge is 2.12. The maximum atomic E-state index is 12.3. The second-order valence-electron chi connectivity index (χ2n) is 4.51. The van der Waals surface area contributed by atoms with Crippen LogP contribution in [-0.2, 0) is 6.54 Å². The fourth-order valence-corrected chi connectivity index (χ4v) is 2.32. The number of benzene rings is 1. The molecule has 0 saturated heterocycles. The number of nitrogens with one attached hydrogen (secondary N) is 1. The molecular formula is C16H12ClN3O. The van der Waals surface area contributed by atoms with Crippen molar-refractivity contribution in [1.29, 1.82) is 0 Å². The van der Waals surface area contributed by atoms with Crippen LogP contribution in [0.3, 0.4) is 0 Å². The van der Waals surface area contributed by atoms with Gasteiger partial charge in [-0.15, -0.1) is 0 Å². The number of nitrogens with zero attached hydrogens (tertiary/aromatic N) is 2. The van der Waals surface area contributed by atoms with Gasteiger partial charge in [-0.3, -0.25) is 9.78 Å². The molecule has 0 bridgehead atoms. The summed E-state index contributed by atoms with van der Waals surface area (Å²) in [6, 6.07) is 13.0. The monoisotopic (exact) mass is 297 g/mol. The van der Waals surface area contributed by atoms with E-state index in [-0.39, 0.29) is 5.91 Å². The molecule has 0 atom stereocenters. The first-order valence-electron chi connectivity index (χ1n) is 6.47. The molecule has 4 nitrogen and oxygen atoms in total. The van der Waals surface area contributed by atoms with Crippen LogP contribution in [-0.4, -0.2) is 15.9 Å². The van der Waals surface area contributed by atoms with Gasteiger partial charge in [0, 0.05) is 17.8 Å². The normalized spacial score (nSPS) is 10.5. The Kier molecular flexibility index (Phi) is 3.79. The van der Waals surface area contributed by atoms with Gasteiger partial charge in [0.05, 0.1) is 17.8 Å². The summed E-state index contributed by atoms with van der Waals surface area (Å²) in [6.07, 6.45) is 3.19. The van der Waals surface area contributed by atoms with Gasteiger partial charge >= 0.3 is 0 Å². The molecule has 21 heavy (non-hydrogen) atoms. The predicted molar refractivity (Wildman–Crippen MR) is 82.2 cm³/mol. The third kappa shape index (κ3) is 2.85. The fraction of sp³-hybridized carbons (Fsp3) is 0.0625. The van der Waals surface area contributed by atoms with Crippen LogP contribution in [0.15, 0.2) is 54.9 Å².